The molecule has 0 bridgehead atoms. The summed E-state index contributed by atoms with van der Waals surface area (Å²) in [5.74, 6) is 1.33. The fourth-order valence-corrected chi connectivity index (χ4v) is 1.98. The molecule has 1 N–H and O–H groups in total. The van der Waals surface area contributed by atoms with Crippen molar-refractivity contribution in [1.82, 2.24) is 25.4 Å². The number of aromatic amines is 1. The van der Waals surface area contributed by atoms with Crippen LogP contribution in [0.25, 0.3) is 22.2 Å². The lowest BCUT2D eigenvalue weighted by molar-refractivity contribution is 1.01. The van der Waals surface area contributed by atoms with E-state index in [1.54, 1.807) is 17.5 Å². The van der Waals surface area contributed by atoms with Crippen molar-refractivity contribution in [3.63, 3.8) is 0 Å². The third-order valence-corrected chi connectivity index (χ3v) is 2.92. The second-order valence-corrected chi connectivity index (χ2v) is 4.04. The van der Waals surface area contributed by atoms with Crippen LogP contribution in [0, 0.1) is 0 Å². The van der Waals surface area contributed by atoms with Gasteiger partial charge in [0.25, 0.3) is 0 Å². The Labute approximate surface area is 95.2 Å². The highest BCUT2D eigenvalue weighted by atomic mass is 32.1. The first-order valence-corrected chi connectivity index (χ1v) is 5.56. The zero-order valence-electron chi connectivity index (χ0n) is 8.16. The van der Waals surface area contributed by atoms with Crippen LogP contribution in [0.15, 0.2) is 35.8 Å². The molecule has 3 heterocycles. The second kappa shape index (κ2) is 3.82. The molecule has 6 heteroatoms. The van der Waals surface area contributed by atoms with Gasteiger partial charge >= 0.3 is 0 Å². The van der Waals surface area contributed by atoms with Crippen LogP contribution >= 0.6 is 11.3 Å². The first-order valence-electron chi connectivity index (χ1n) is 4.68. The zero-order chi connectivity index (χ0) is 10.8. The Bertz CT molecular complexity index is 572. The fraction of sp³-hybridized carbons (Fsp3) is 0. The first kappa shape index (κ1) is 9.17. The Hall–Kier alpha value is -2.08. The minimum absolute atomic E-state index is 0.566. The monoisotopic (exact) mass is 229 g/mol. The van der Waals surface area contributed by atoms with Gasteiger partial charge in [-0.3, -0.25) is 5.10 Å². The lowest BCUT2D eigenvalue weighted by atomic mass is 10.4. The molecule has 0 aliphatic carbocycles. The number of nitrogens with one attached hydrogen (secondary N) is 1. The Morgan fingerprint density at radius 3 is 2.94 bits per heavy atom. The van der Waals surface area contributed by atoms with Gasteiger partial charge in [0.2, 0.25) is 5.82 Å². The summed E-state index contributed by atoms with van der Waals surface area (Å²) in [4.78, 5) is 5.42. The van der Waals surface area contributed by atoms with Gasteiger partial charge in [-0.2, -0.15) is 10.2 Å². The summed E-state index contributed by atoms with van der Waals surface area (Å²) >= 11 is 1.61. The van der Waals surface area contributed by atoms with Gasteiger partial charge in [0.1, 0.15) is 5.69 Å². The van der Waals surface area contributed by atoms with Crippen LogP contribution in [-0.2, 0) is 0 Å². The summed E-state index contributed by atoms with van der Waals surface area (Å²) in [5, 5.41) is 16.7. The third kappa shape index (κ3) is 1.59. The van der Waals surface area contributed by atoms with Crippen LogP contribution < -0.4 is 0 Å². The highest BCUT2D eigenvalue weighted by molar-refractivity contribution is 7.13. The van der Waals surface area contributed by atoms with Gasteiger partial charge < -0.3 is 0 Å². The Kier molecular flexibility index (Phi) is 2.19. The summed E-state index contributed by atoms with van der Waals surface area (Å²) in [6.07, 6.45) is 1.62. The van der Waals surface area contributed by atoms with Crippen molar-refractivity contribution < 1.29 is 0 Å². The smallest absolute Gasteiger partial charge is 0.202 e. The topological polar surface area (TPSA) is 67.3 Å². The minimum atomic E-state index is 0.566. The molecule has 16 heavy (non-hydrogen) atoms. The molecule has 0 atom stereocenters. The van der Waals surface area contributed by atoms with E-state index in [0.29, 0.717) is 11.5 Å². The average molecular weight is 229 g/mol. The normalized spacial score (nSPS) is 10.5. The maximum absolute atomic E-state index is 4.36. The van der Waals surface area contributed by atoms with Gasteiger partial charge in [-0.15, -0.1) is 16.4 Å². The summed E-state index contributed by atoms with van der Waals surface area (Å²) in [7, 11) is 0. The van der Waals surface area contributed by atoms with Gasteiger partial charge in [0.05, 0.1) is 4.88 Å². The average Bonchev–Trinajstić information content (AvgIpc) is 3.01. The molecule has 0 saturated heterocycles. The summed E-state index contributed by atoms with van der Waals surface area (Å²) in [6, 6.07) is 7.61. The molecular weight excluding hydrogens is 222 g/mol. The highest BCUT2D eigenvalue weighted by Crippen LogP contribution is 2.22. The molecular formula is C10H7N5S. The lowest BCUT2D eigenvalue weighted by Gasteiger charge is -1.89. The van der Waals surface area contributed by atoms with Crippen LogP contribution in [0.1, 0.15) is 0 Å². The van der Waals surface area contributed by atoms with E-state index in [-0.39, 0.29) is 0 Å². The molecule has 0 amide bonds. The van der Waals surface area contributed by atoms with Gasteiger partial charge in [-0.1, -0.05) is 6.07 Å². The summed E-state index contributed by atoms with van der Waals surface area (Å²) in [5.41, 5.74) is 0.668. The van der Waals surface area contributed by atoms with Crippen molar-refractivity contribution >= 4 is 11.3 Å². The predicted octanol–water partition coefficient (Wildman–Crippen LogP) is 1.99. The molecule has 0 aliphatic heterocycles. The zero-order valence-corrected chi connectivity index (χ0v) is 8.98. The van der Waals surface area contributed by atoms with Gasteiger partial charge in [0.15, 0.2) is 5.82 Å². The maximum atomic E-state index is 4.36. The number of hydrogen-bond acceptors (Lipinski definition) is 5. The maximum Gasteiger partial charge on any atom is 0.202 e. The molecule has 0 aliphatic rings. The van der Waals surface area contributed by atoms with Crippen molar-refractivity contribution in [2.75, 3.05) is 0 Å². The van der Waals surface area contributed by atoms with Gasteiger partial charge in [-0.05, 0) is 23.6 Å². The predicted molar refractivity (Wildman–Crippen MR) is 60.7 cm³/mol. The minimum Gasteiger partial charge on any atom is -0.258 e. The van der Waals surface area contributed by atoms with Crippen LogP contribution in [-0.4, -0.2) is 25.4 Å². The Morgan fingerprint density at radius 2 is 2.19 bits per heavy atom. The molecule has 3 rings (SSSR count). The van der Waals surface area contributed by atoms with E-state index >= 15 is 0 Å². The van der Waals surface area contributed by atoms with E-state index < -0.39 is 0 Å². The molecule has 0 saturated carbocycles. The van der Waals surface area contributed by atoms with Gasteiger partial charge in [0, 0.05) is 6.20 Å². The quantitative estimate of drug-likeness (QED) is 0.729. The molecule has 0 radical (unpaired) electrons. The van der Waals surface area contributed by atoms with E-state index in [0.717, 1.165) is 10.7 Å². The Morgan fingerprint density at radius 1 is 1.19 bits per heavy atom. The van der Waals surface area contributed by atoms with Crippen LogP contribution in [0.5, 0.6) is 0 Å². The van der Waals surface area contributed by atoms with Crippen molar-refractivity contribution in [3.05, 3.63) is 35.8 Å². The molecule has 0 unspecified atom stereocenters. The lowest BCUT2D eigenvalue weighted by Crippen LogP contribution is -1.87. The highest BCUT2D eigenvalue weighted by Gasteiger charge is 2.08. The third-order valence-electron chi connectivity index (χ3n) is 2.04. The van der Waals surface area contributed by atoms with Crippen LogP contribution in [0.2, 0.25) is 0 Å². The van der Waals surface area contributed by atoms with E-state index in [1.807, 2.05) is 29.6 Å². The standard InChI is InChI=1S/C10H7N5S/c1-3-7(13-11-5-1)9-12-10(15-14-9)8-4-2-6-16-8/h1-6H,(H,12,14,15). The number of nitrogens with zero attached hydrogens (tertiary/aromatic N) is 4. The van der Waals surface area contributed by atoms with E-state index in [4.69, 9.17) is 0 Å². The van der Waals surface area contributed by atoms with Crippen molar-refractivity contribution in [1.29, 1.82) is 0 Å². The molecule has 3 aromatic heterocycles. The van der Waals surface area contributed by atoms with E-state index in [1.165, 1.54) is 0 Å². The molecule has 0 spiro atoms. The van der Waals surface area contributed by atoms with Crippen LogP contribution in [0.4, 0.5) is 0 Å². The van der Waals surface area contributed by atoms with E-state index in [9.17, 15) is 0 Å². The van der Waals surface area contributed by atoms with Crippen molar-refractivity contribution in [2.45, 2.75) is 0 Å². The van der Waals surface area contributed by atoms with Crippen LogP contribution in [0.3, 0.4) is 0 Å². The summed E-state index contributed by atoms with van der Waals surface area (Å²) < 4.78 is 0. The number of H-pyrrole nitrogens is 1. The largest absolute Gasteiger partial charge is 0.258 e. The van der Waals surface area contributed by atoms with E-state index in [2.05, 4.69) is 25.4 Å². The van der Waals surface area contributed by atoms with Crippen molar-refractivity contribution in [3.8, 4) is 22.2 Å². The van der Waals surface area contributed by atoms with Gasteiger partial charge in [-0.25, -0.2) is 4.98 Å². The first-order chi connectivity index (χ1) is 7.93. The second-order valence-electron chi connectivity index (χ2n) is 3.09. The number of hydrogen-bond donors (Lipinski definition) is 1. The fourth-order valence-electron chi connectivity index (χ4n) is 1.32. The molecule has 0 fully saturated rings. The Balaban J connectivity index is 2.00. The molecule has 5 nitrogen and oxygen atoms in total. The SMILES string of the molecule is c1cnnc(-c2n[nH]c(-c3cccs3)n2)c1. The molecule has 78 valence electrons. The number of thiophene rings is 1. The number of aromatic nitrogens is 5. The number of rotatable bonds is 2. The van der Waals surface area contributed by atoms with Crippen molar-refractivity contribution in [2.24, 2.45) is 0 Å². The summed E-state index contributed by atoms with van der Waals surface area (Å²) in [6.45, 7) is 0. The molecule has 0 aromatic carbocycles. The molecule has 3 aromatic rings.